The molecule has 16 heavy (non-hydrogen) atoms. The van der Waals surface area contributed by atoms with Gasteiger partial charge in [0.05, 0.1) is 12.7 Å². The second-order valence-corrected chi connectivity index (χ2v) is 4.66. The van der Waals surface area contributed by atoms with Crippen LogP contribution in [0.1, 0.15) is 33.6 Å². The third kappa shape index (κ3) is 2.95. The van der Waals surface area contributed by atoms with E-state index in [9.17, 15) is 4.79 Å². The molecule has 94 valence electrons. The number of methoxy groups -OCH3 is 1. The Morgan fingerprint density at radius 2 is 2.25 bits per heavy atom. The molecule has 1 aliphatic rings. The minimum Gasteiger partial charge on any atom is -0.385 e. The summed E-state index contributed by atoms with van der Waals surface area (Å²) in [6.07, 6.45) is 1.93. The number of amides is 1. The summed E-state index contributed by atoms with van der Waals surface area (Å²) >= 11 is 0. The number of nitrogens with zero attached hydrogens (tertiary/aromatic N) is 1. The predicted molar refractivity (Wildman–Crippen MR) is 64.0 cm³/mol. The number of nitrogens with one attached hydrogen (secondary N) is 1. The van der Waals surface area contributed by atoms with Gasteiger partial charge in [-0.15, -0.1) is 0 Å². The quantitative estimate of drug-likeness (QED) is 0.743. The molecule has 1 N–H and O–H groups in total. The van der Waals surface area contributed by atoms with Crippen molar-refractivity contribution in [2.24, 2.45) is 5.92 Å². The molecule has 1 rings (SSSR count). The molecule has 0 spiro atoms. The maximum atomic E-state index is 12.1. The number of hydrogen-bond acceptors (Lipinski definition) is 3. The lowest BCUT2D eigenvalue weighted by molar-refractivity contribution is -0.131. The standard InChI is InChI=1S/C12H24N2O2/c1-5-9(2)11-12(15)14(8-13-11)10(3)6-7-16-4/h9-11,13H,5-8H2,1-4H3. The van der Waals surface area contributed by atoms with E-state index in [0.717, 1.165) is 12.8 Å². The van der Waals surface area contributed by atoms with Crippen LogP contribution in [-0.4, -0.2) is 43.3 Å². The molecule has 3 unspecified atom stereocenters. The van der Waals surface area contributed by atoms with Crippen molar-refractivity contribution < 1.29 is 9.53 Å². The summed E-state index contributed by atoms with van der Waals surface area (Å²) in [7, 11) is 1.69. The highest BCUT2D eigenvalue weighted by Crippen LogP contribution is 2.18. The zero-order chi connectivity index (χ0) is 12.1. The summed E-state index contributed by atoms with van der Waals surface area (Å²) in [6, 6.07) is 0.268. The molecule has 3 atom stereocenters. The highest BCUT2D eigenvalue weighted by molar-refractivity contribution is 5.84. The lowest BCUT2D eigenvalue weighted by Crippen LogP contribution is -2.39. The van der Waals surface area contributed by atoms with E-state index in [-0.39, 0.29) is 18.0 Å². The van der Waals surface area contributed by atoms with Crippen LogP contribution in [0.4, 0.5) is 0 Å². The van der Waals surface area contributed by atoms with Gasteiger partial charge >= 0.3 is 0 Å². The SMILES string of the molecule is CCC(C)C1NCN(C(C)CCOC)C1=O. The van der Waals surface area contributed by atoms with Crippen LogP contribution in [0.3, 0.4) is 0 Å². The van der Waals surface area contributed by atoms with Gasteiger partial charge in [0.25, 0.3) is 0 Å². The number of carbonyl (C=O) groups excluding carboxylic acids is 1. The molecule has 0 bridgehead atoms. The molecular formula is C12H24N2O2. The molecule has 1 aliphatic heterocycles. The van der Waals surface area contributed by atoms with E-state index in [1.54, 1.807) is 7.11 Å². The molecule has 1 amide bonds. The van der Waals surface area contributed by atoms with Crippen molar-refractivity contribution in [2.75, 3.05) is 20.4 Å². The maximum Gasteiger partial charge on any atom is 0.241 e. The summed E-state index contributed by atoms with van der Waals surface area (Å²) < 4.78 is 5.04. The van der Waals surface area contributed by atoms with Crippen LogP contribution in [0.15, 0.2) is 0 Å². The first-order chi connectivity index (χ1) is 7.61. The fourth-order valence-corrected chi connectivity index (χ4v) is 2.04. The van der Waals surface area contributed by atoms with E-state index in [1.807, 2.05) is 4.90 Å². The van der Waals surface area contributed by atoms with Crippen LogP contribution in [0.25, 0.3) is 0 Å². The molecule has 4 heteroatoms. The summed E-state index contributed by atoms with van der Waals surface area (Å²) in [5.41, 5.74) is 0. The average Bonchev–Trinajstić information content (AvgIpc) is 2.67. The fourth-order valence-electron chi connectivity index (χ4n) is 2.04. The van der Waals surface area contributed by atoms with Crippen LogP contribution in [0, 0.1) is 5.92 Å². The van der Waals surface area contributed by atoms with Crippen molar-refractivity contribution in [1.29, 1.82) is 0 Å². The lowest BCUT2D eigenvalue weighted by atomic mass is 9.99. The van der Waals surface area contributed by atoms with Gasteiger partial charge in [-0.1, -0.05) is 20.3 Å². The van der Waals surface area contributed by atoms with Crippen molar-refractivity contribution >= 4 is 5.91 Å². The molecule has 0 radical (unpaired) electrons. The minimum atomic E-state index is 0.00925. The topological polar surface area (TPSA) is 41.6 Å². The first kappa shape index (κ1) is 13.5. The van der Waals surface area contributed by atoms with Gasteiger partial charge in [-0.05, 0) is 19.3 Å². The third-order valence-corrected chi connectivity index (χ3v) is 3.52. The Hall–Kier alpha value is -0.610. The van der Waals surface area contributed by atoms with Crippen LogP contribution in [0.2, 0.25) is 0 Å². The maximum absolute atomic E-state index is 12.1. The van der Waals surface area contributed by atoms with Gasteiger partial charge in [0.2, 0.25) is 5.91 Å². The average molecular weight is 228 g/mol. The molecule has 4 nitrogen and oxygen atoms in total. The van der Waals surface area contributed by atoms with Crippen LogP contribution in [0.5, 0.6) is 0 Å². The molecular weight excluding hydrogens is 204 g/mol. The van der Waals surface area contributed by atoms with Crippen molar-refractivity contribution in [3.05, 3.63) is 0 Å². The van der Waals surface area contributed by atoms with Gasteiger partial charge < -0.3 is 9.64 Å². The Balaban J connectivity index is 2.49. The van der Waals surface area contributed by atoms with Crippen LogP contribution >= 0.6 is 0 Å². The summed E-state index contributed by atoms with van der Waals surface area (Å²) in [6.45, 7) is 7.71. The lowest BCUT2D eigenvalue weighted by Gasteiger charge is -2.24. The summed E-state index contributed by atoms with van der Waals surface area (Å²) in [4.78, 5) is 14.1. The molecule has 1 saturated heterocycles. The monoisotopic (exact) mass is 228 g/mol. The largest absolute Gasteiger partial charge is 0.385 e. The second kappa shape index (κ2) is 6.21. The molecule has 0 aromatic carbocycles. The zero-order valence-electron chi connectivity index (χ0n) is 10.8. The molecule has 0 aromatic rings. The van der Waals surface area contributed by atoms with Crippen LogP contribution in [-0.2, 0) is 9.53 Å². The van der Waals surface area contributed by atoms with E-state index >= 15 is 0 Å². The van der Waals surface area contributed by atoms with E-state index in [2.05, 4.69) is 26.1 Å². The van der Waals surface area contributed by atoms with Gasteiger partial charge in [-0.3, -0.25) is 10.1 Å². The Labute approximate surface area is 98.3 Å². The number of hydrogen-bond donors (Lipinski definition) is 1. The van der Waals surface area contributed by atoms with Gasteiger partial charge in [0.1, 0.15) is 0 Å². The predicted octanol–water partition coefficient (Wildman–Crippen LogP) is 1.22. The first-order valence-corrected chi connectivity index (χ1v) is 6.14. The highest BCUT2D eigenvalue weighted by atomic mass is 16.5. The molecule has 0 aliphatic carbocycles. The molecule has 0 saturated carbocycles. The van der Waals surface area contributed by atoms with Gasteiger partial charge in [0.15, 0.2) is 0 Å². The fraction of sp³-hybridized carbons (Fsp3) is 0.917. The number of rotatable bonds is 6. The van der Waals surface area contributed by atoms with Gasteiger partial charge in [-0.2, -0.15) is 0 Å². The van der Waals surface area contributed by atoms with E-state index < -0.39 is 0 Å². The molecule has 1 fully saturated rings. The van der Waals surface area contributed by atoms with E-state index in [1.165, 1.54) is 0 Å². The van der Waals surface area contributed by atoms with Gasteiger partial charge in [-0.25, -0.2) is 0 Å². The Morgan fingerprint density at radius 1 is 1.56 bits per heavy atom. The number of ether oxygens (including phenoxy) is 1. The normalized spacial score (nSPS) is 24.9. The van der Waals surface area contributed by atoms with E-state index in [0.29, 0.717) is 19.2 Å². The molecule has 1 heterocycles. The van der Waals surface area contributed by atoms with Crippen molar-refractivity contribution in [3.8, 4) is 0 Å². The summed E-state index contributed by atoms with van der Waals surface area (Å²) in [5, 5.41) is 3.30. The Kier molecular flexibility index (Phi) is 5.22. The Morgan fingerprint density at radius 3 is 2.81 bits per heavy atom. The third-order valence-electron chi connectivity index (χ3n) is 3.52. The summed E-state index contributed by atoms with van der Waals surface area (Å²) in [5.74, 6) is 0.657. The Bertz CT molecular complexity index is 233. The highest BCUT2D eigenvalue weighted by Gasteiger charge is 2.36. The smallest absolute Gasteiger partial charge is 0.241 e. The minimum absolute atomic E-state index is 0.00925. The van der Waals surface area contributed by atoms with Crippen molar-refractivity contribution in [3.63, 3.8) is 0 Å². The first-order valence-electron chi connectivity index (χ1n) is 6.14. The van der Waals surface area contributed by atoms with E-state index in [4.69, 9.17) is 4.74 Å². The zero-order valence-corrected chi connectivity index (χ0v) is 10.8. The number of carbonyl (C=O) groups is 1. The second-order valence-electron chi connectivity index (χ2n) is 4.66. The van der Waals surface area contributed by atoms with Crippen LogP contribution < -0.4 is 5.32 Å². The molecule has 0 aromatic heterocycles. The van der Waals surface area contributed by atoms with Gasteiger partial charge in [0, 0.05) is 19.8 Å². The van der Waals surface area contributed by atoms with Crippen molar-refractivity contribution in [2.45, 2.75) is 45.7 Å². The van der Waals surface area contributed by atoms with Crippen molar-refractivity contribution in [1.82, 2.24) is 10.2 Å².